The lowest BCUT2D eigenvalue weighted by Crippen LogP contribution is -2.23. The number of halogens is 2. The summed E-state index contributed by atoms with van der Waals surface area (Å²) in [6.45, 7) is -0.251. The van der Waals surface area contributed by atoms with Gasteiger partial charge in [0.1, 0.15) is 5.84 Å². The van der Waals surface area contributed by atoms with Crippen molar-refractivity contribution < 1.29 is 9.90 Å². The second-order valence-corrected chi connectivity index (χ2v) is 4.19. The Bertz CT molecular complexity index is 538. The molecule has 1 aliphatic rings. The Labute approximate surface area is 108 Å². The Balaban J connectivity index is 2.33. The SMILES string of the molecule is O=C1C=C(CO)C(=Nc2ccc(Cl)c(Cl)c2)N1. The molecule has 6 heteroatoms. The van der Waals surface area contributed by atoms with Gasteiger partial charge in [-0.25, -0.2) is 4.99 Å². The predicted molar refractivity (Wildman–Crippen MR) is 66.9 cm³/mol. The van der Waals surface area contributed by atoms with Gasteiger partial charge in [-0.15, -0.1) is 0 Å². The minimum Gasteiger partial charge on any atom is -0.392 e. The van der Waals surface area contributed by atoms with Gasteiger partial charge >= 0.3 is 0 Å². The summed E-state index contributed by atoms with van der Waals surface area (Å²) in [6, 6.07) is 4.86. The van der Waals surface area contributed by atoms with Crippen molar-refractivity contribution in [2.45, 2.75) is 0 Å². The van der Waals surface area contributed by atoms with Crippen molar-refractivity contribution in [3.8, 4) is 0 Å². The Kier molecular flexibility index (Phi) is 3.47. The van der Waals surface area contributed by atoms with E-state index in [1.807, 2.05) is 0 Å². The van der Waals surface area contributed by atoms with Crippen LogP contribution in [-0.2, 0) is 4.79 Å². The summed E-state index contributed by atoms with van der Waals surface area (Å²) >= 11 is 11.6. The van der Waals surface area contributed by atoms with Crippen LogP contribution in [0.25, 0.3) is 0 Å². The standard InChI is InChI=1S/C11H8Cl2N2O2/c12-8-2-1-7(4-9(8)13)14-11-6(5-16)3-10(17)15-11/h1-4,16H,5H2,(H,14,15,17). The summed E-state index contributed by atoms with van der Waals surface area (Å²) in [5.74, 6) is 0.0312. The molecular weight excluding hydrogens is 263 g/mol. The Morgan fingerprint density at radius 3 is 2.71 bits per heavy atom. The van der Waals surface area contributed by atoms with E-state index in [-0.39, 0.29) is 12.5 Å². The minimum atomic E-state index is -0.298. The molecule has 1 heterocycles. The first-order valence-electron chi connectivity index (χ1n) is 4.76. The summed E-state index contributed by atoms with van der Waals surface area (Å²) in [4.78, 5) is 15.3. The molecule has 0 spiro atoms. The minimum absolute atomic E-state index is 0.251. The molecule has 88 valence electrons. The fraction of sp³-hybridized carbons (Fsp3) is 0.0909. The highest BCUT2D eigenvalue weighted by Crippen LogP contribution is 2.27. The highest BCUT2D eigenvalue weighted by Gasteiger charge is 2.18. The number of aliphatic hydroxyl groups excluding tert-OH is 1. The molecule has 4 nitrogen and oxygen atoms in total. The maximum absolute atomic E-state index is 11.1. The zero-order chi connectivity index (χ0) is 12.4. The van der Waals surface area contributed by atoms with E-state index in [1.54, 1.807) is 18.2 Å². The fourth-order valence-electron chi connectivity index (χ4n) is 1.36. The third kappa shape index (κ3) is 2.66. The molecule has 0 radical (unpaired) electrons. The van der Waals surface area contributed by atoms with Crippen LogP contribution in [0.3, 0.4) is 0 Å². The van der Waals surface area contributed by atoms with Gasteiger partial charge in [0.05, 0.1) is 22.3 Å². The summed E-state index contributed by atoms with van der Waals surface area (Å²) in [5, 5.41) is 12.4. The van der Waals surface area contributed by atoms with Crippen LogP contribution in [0.4, 0.5) is 5.69 Å². The zero-order valence-electron chi connectivity index (χ0n) is 8.58. The van der Waals surface area contributed by atoms with E-state index in [4.69, 9.17) is 28.3 Å². The van der Waals surface area contributed by atoms with E-state index in [0.29, 0.717) is 27.1 Å². The molecule has 17 heavy (non-hydrogen) atoms. The van der Waals surface area contributed by atoms with Crippen molar-refractivity contribution in [3.05, 3.63) is 39.9 Å². The van der Waals surface area contributed by atoms with Gasteiger partial charge in [0.15, 0.2) is 0 Å². The number of aliphatic hydroxyl groups is 1. The van der Waals surface area contributed by atoms with E-state index in [0.717, 1.165) is 0 Å². The first-order valence-corrected chi connectivity index (χ1v) is 5.52. The van der Waals surface area contributed by atoms with Crippen LogP contribution >= 0.6 is 23.2 Å². The monoisotopic (exact) mass is 270 g/mol. The van der Waals surface area contributed by atoms with E-state index in [1.165, 1.54) is 6.08 Å². The van der Waals surface area contributed by atoms with Gasteiger partial charge in [0.2, 0.25) is 5.91 Å². The van der Waals surface area contributed by atoms with Crippen LogP contribution in [-0.4, -0.2) is 23.5 Å². The number of amidine groups is 1. The van der Waals surface area contributed by atoms with Crippen molar-refractivity contribution in [1.29, 1.82) is 0 Å². The lowest BCUT2D eigenvalue weighted by Gasteiger charge is -2.02. The number of rotatable bonds is 2. The van der Waals surface area contributed by atoms with Gasteiger partial charge in [0.25, 0.3) is 0 Å². The number of carbonyl (C=O) groups is 1. The molecule has 0 saturated carbocycles. The summed E-state index contributed by atoms with van der Waals surface area (Å²) in [6.07, 6.45) is 1.30. The lowest BCUT2D eigenvalue weighted by molar-refractivity contribution is -0.114. The Hall–Kier alpha value is -1.36. The molecule has 0 fully saturated rings. The molecule has 1 aliphatic heterocycles. The van der Waals surface area contributed by atoms with E-state index >= 15 is 0 Å². The van der Waals surface area contributed by atoms with Crippen molar-refractivity contribution in [3.63, 3.8) is 0 Å². The maximum atomic E-state index is 11.1. The molecule has 1 aromatic rings. The largest absolute Gasteiger partial charge is 0.392 e. The first kappa shape index (κ1) is 12.1. The van der Waals surface area contributed by atoms with Gasteiger partial charge in [0, 0.05) is 11.6 Å². The maximum Gasteiger partial charge on any atom is 0.250 e. The van der Waals surface area contributed by atoms with Crippen LogP contribution in [0.5, 0.6) is 0 Å². The number of benzene rings is 1. The van der Waals surface area contributed by atoms with Crippen molar-refractivity contribution in [2.24, 2.45) is 4.99 Å². The summed E-state index contributed by atoms with van der Waals surface area (Å²) in [5.41, 5.74) is 0.997. The van der Waals surface area contributed by atoms with Crippen molar-refractivity contribution in [2.75, 3.05) is 6.61 Å². The zero-order valence-corrected chi connectivity index (χ0v) is 10.1. The number of hydrogen-bond acceptors (Lipinski definition) is 3. The third-order valence-corrected chi connectivity index (χ3v) is 2.90. The molecule has 2 N–H and O–H groups in total. The molecule has 1 amide bonds. The quantitative estimate of drug-likeness (QED) is 0.865. The van der Waals surface area contributed by atoms with Gasteiger partial charge in [-0.1, -0.05) is 23.2 Å². The number of aliphatic imine (C=N–C) groups is 1. The van der Waals surface area contributed by atoms with Gasteiger partial charge in [-0.3, -0.25) is 4.79 Å². The second-order valence-electron chi connectivity index (χ2n) is 3.38. The normalized spacial score (nSPS) is 17.2. The molecule has 0 aromatic heterocycles. The van der Waals surface area contributed by atoms with Gasteiger partial charge < -0.3 is 10.4 Å². The number of hydrogen-bond donors (Lipinski definition) is 2. The van der Waals surface area contributed by atoms with Gasteiger partial charge in [-0.2, -0.15) is 0 Å². The molecule has 0 atom stereocenters. The second kappa shape index (κ2) is 4.87. The molecule has 0 aliphatic carbocycles. The Morgan fingerprint density at radius 1 is 1.29 bits per heavy atom. The van der Waals surface area contributed by atoms with Crippen LogP contribution in [0.2, 0.25) is 10.0 Å². The van der Waals surface area contributed by atoms with Crippen LogP contribution in [0.15, 0.2) is 34.8 Å². The van der Waals surface area contributed by atoms with E-state index in [2.05, 4.69) is 10.3 Å². The summed E-state index contributed by atoms with van der Waals surface area (Å²) < 4.78 is 0. The van der Waals surface area contributed by atoms with E-state index < -0.39 is 0 Å². The van der Waals surface area contributed by atoms with E-state index in [9.17, 15) is 4.79 Å². The molecular formula is C11H8Cl2N2O2. The molecule has 0 unspecified atom stereocenters. The lowest BCUT2D eigenvalue weighted by atomic mass is 10.2. The molecule has 2 rings (SSSR count). The molecule has 0 saturated heterocycles. The number of nitrogens with zero attached hydrogens (tertiary/aromatic N) is 1. The van der Waals surface area contributed by atoms with Crippen LogP contribution in [0.1, 0.15) is 0 Å². The van der Waals surface area contributed by atoms with Crippen LogP contribution in [0, 0.1) is 0 Å². The highest BCUT2D eigenvalue weighted by molar-refractivity contribution is 6.42. The topological polar surface area (TPSA) is 61.7 Å². The van der Waals surface area contributed by atoms with Crippen molar-refractivity contribution >= 4 is 40.6 Å². The van der Waals surface area contributed by atoms with Gasteiger partial charge in [-0.05, 0) is 18.2 Å². The average Bonchev–Trinajstić information content (AvgIpc) is 2.64. The molecule has 1 aromatic carbocycles. The average molecular weight is 271 g/mol. The Morgan fingerprint density at radius 2 is 2.06 bits per heavy atom. The number of carbonyl (C=O) groups excluding carboxylic acids is 1. The predicted octanol–water partition coefficient (Wildman–Crippen LogP) is 2.07. The number of amides is 1. The fourth-order valence-corrected chi connectivity index (χ4v) is 1.66. The first-order chi connectivity index (χ1) is 8.10. The van der Waals surface area contributed by atoms with Crippen molar-refractivity contribution in [1.82, 2.24) is 5.32 Å². The molecule has 0 bridgehead atoms. The number of nitrogens with one attached hydrogen (secondary N) is 1. The van der Waals surface area contributed by atoms with Crippen LogP contribution < -0.4 is 5.32 Å². The third-order valence-electron chi connectivity index (χ3n) is 2.17. The smallest absolute Gasteiger partial charge is 0.250 e. The highest BCUT2D eigenvalue weighted by atomic mass is 35.5. The summed E-state index contributed by atoms with van der Waals surface area (Å²) in [7, 11) is 0.